The number of hydrogen-bond acceptors (Lipinski definition) is 3. The number of guanidine groups is 1. The Labute approximate surface area is 162 Å². The van der Waals surface area contributed by atoms with E-state index < -0.39 is 17.5 Å². The van der Waals surface area contributed by atoms with Gasteiger partial charge in [-0.05, 0) is 30.9 Å². The highest BCUT2D eigenvalue weighted by Crippen LogP contribution is 2.19. The summed E-state index contributed by atoms with van der Waals surface area (Å²) < 4.78 is 40.6. The van der Waals surface area contributed by atoms with E-state index in [0.29, 0.717) is 38.1 Å². The topological polar surface area (TPSA) is 69.2 Å². The minimum atomic E-state index is -0.907. The molecule has 0 aliphatic carbocycles. The molecule has 1 fully saturated rings. The second kappa shape index (κ2) is 9.05. The number of benzene rings is 1. The van der Waals surface area contributed by atoms with Crippen molar-refractivity contribution in [3.63, 3.8) is 0 Å². The molecule has 0 unspecified atom stereocenters. The molecule has 0 atom stereocenters. The van der Waals surface area contributed by atoms with Crippen LogP contribution in [0.2, 0.25) is 0 Å². The van der Waals surface area contributed by atoms with Gasteiger partial charge in [-0.25, -0.2) is 13.2 Å². The second-order valence-corrected chi connectivity index (χ2v) is 6.96. The van der Waals surface area contributed by atoms with Crippen molar-refractivity contribution in [3.05, 3.63) is 64.7 Å². The SMILES string of the molecule is N=C(N)N1CCN(Cc2cccnc2CCCc2c(F)cc(F)cc2F)CC1. The summed E-state index contributed by atoms with van der Waals surface area (Å²) in [5.74, 6) is -2.50. The first-order chi connectivity index (χ1) is 13.4. The van der Waals surface area contributed by atoms with Crippen molar-refractivity contribution in [2.45, 2.75) is 25.8 Å². The maximum absolute atomic E-state index is 13.8. The smallest absolute Gasteiger partial charge is 0.188 e. The number of nitrogens with zero attached hydrogens (tertiary/aromatic N) is 3. The molecule has 1 aromatic heterocycles. The van der Waals surface area contributed by atoms with Gasteiger partial charge >= 0.3 is 0 Å². The average molecular weight is 391 g/mol. The van der Waals surface area contributed by atoms with E-state index in [9.17, 15) is 13.2 Å². The number of aryl methyl sites for hydroxylation is 1. The van der Waals surface area contributed by atoms with Crippen molar-refractivity contribution >= 4 is 5.96 Å². The van der Waals surface area contributed by atoms with Crippen LogP contribution < -0.4 is 5.73 Å². The number of nitrogens with two attached hydrogens (primary N) is 1. The molecule has 0 spiro atoms. The van der Waals surface area contributed by atoms with E-state index in [4.69, 9.17) is 11.1 Å². The molecule has 0 saturated carbocycles. The van der Waals surface area contributed by atoms with Gasteiger partial charge in [-0.1, -0.05) is 6.07 Å². The third kappa shape index (κ3) is 5.01. The fourth-order valence-corrected chi connectivity index (χ4v) is 3.47. The lowest BCUT2D eigenvalue weighted by molar-refractivity contribution is 0.173. The van der Waals surface area contributed by atoms with E-state index in [0.717, 1.165) is 30.9 Å². The van der Waals surface area contributed by atoms with Gasteiger partial charge in [-0.3, -0.25) is 15.3 Å². The molecule has 3 N–H and O–H groups in total. The third-order valence-electron chi connectivity index (χ3n) is 5.04. The Morgan fingerprint density at radius 1 is 1.07 bits per heavy atom. The highest BCUT2D eigenvalue weighted by molar-refractivity contribution is 5.74. The second-order valence-electron chi connectivity index (χ2n) is 6.96. The fraction of sp³-hybridized carbons (Fsp3) is 0.400. The summed E-state index contributed by atoms with van der Waals surface area (Å²) in [6, 6.07) is 5.32. The lowest BCUT2D eigenvalue weighted by atomic mass is 10.0. The maximum Gasteiger partial charge on any atom is 0.188 e. The predicted molar refractivity (Wildman–Crippen MR) is 101 cm³/mol. The van der Waals surface area contributed by atoms with Gasteiger partial charge in [0.05, 0.1) is 0 Å². The summed E-state index contributed by atoms with van der Waals surface area (Å²) in [5, 5.41) is 7.50. The molecule has 1 aliphatic rings. The molecule has 2 aromatic rings. The largest absolute Gasteiger partial charge is 0.370 e. The summed E-state index contributed by atoms with van der Waals surface area (Å²) in [7, 11) is 0. The van der Waals surface area contributed by atoms with Crippen LogP contribution in [-0.2, 0) is 19.4 Å². The number of nitrogens with one attached hydrogen (secondary N) is 1. The van der Waals surface area contributed by atoms with Gasteiger partial charge in [0.15, 0.2) is 5.96 Å². The van der Waals surface area contributed by atoms with Crippen molar-refractivity contribution < 1.29 is 13.2 Å². The van der Waals surface area contributed by atoms with Gasteiger partial charge in [0.1, 0.15) is 17.5 Å². The molecule has 3 rings (SSSR count). The highest BCUT2D eigenvalue weighted by Gasteiger charge is 2.19. The molecule has 0 bridgehead atoms. The van der Waals surface area contributed by atoms with E-state index in [2.05, 4.69) is 9.88 Å². The molecule has 150 valence electrons. The van der Waals surface area contributed by atoms with Crippen molar-refractivity contribution in [1.82, 2.24) is 14.8 Å². The van der Waals surface area contributed by atoms with Gasteiger partial charge in [0.2, 0.25) is 0 Å². The van der Waals surface area contributed by atoms with Crippen molar-refractivity contribution in [3.8, 4) is 0 Å². The molecular weight excluding hydrogens is 367 g/mol. The van der Waals surface area contributed by atoms with Gasteiger partial charge in [-0.2, -0.15) is 0 Å². The molecule has 0 amide bonds. The van der Waals surface area contributed by atoms with Crippen LogP contribution >= 0.6 is 0 Å². The molecule has 0 radical (unpaired) electrons. The Kier molecular flexibility index (Phi) is 6.51. The molecule has 28 heavy (non-hydrogen) atoms. The van der Waals surface area contributed by atoms with E-state index in [1.807, 2.05) is 17.0 Å². The number of rotatable bonds is 6. The van der Waals surface area contributed by atoms with Crippen LogP contribution in [0.3, 0.4) is 0 Å². The lowest BCUT2D eigenvalue weighted by Gasteiger charge is -2.35. The number of pyridine rings is 1. The van der Waals surface area contributed by atoms with Gasteiger partial charge < -0.3 is 10.6 Å². The minimum Gasteiger partial charge on any atom is -0.370 e. The normalized spacial score (nSPS) is 15.0. The number of piperazine rings is 1. The van der Waals surface area contributed by atoms with Crippen molar-refractivity contribution in [2.75, 3.05) is 26.2 Å². The van der Waals surface area contributed by atoms with Gasteiger partial charge in [-0.15, -0.1) is 0 Å². The molecule has 8 heteroatoms. The molecular formula is C20H24F3N5. The van der Waals surface area contributed by atoms with E-state index in [1.54, 1.807) is 6.20 Å². The third-order valence-corrected chi connectivity index (χ3v) is 5.04. The van der Waals surface area contributed by atoms with Crippen LogP contribution in [0.4, 0.5) is 13.2 Å². The van der Waals surface area contributed by atoms with Crippen LogP contribution in [0.25, 0.3) is 0 Å². The minimum absolute atomic E-state index is 0.0840. The number of halogens is 3. The zero-order valence-corrected chi connectivity index (χ0v) is 15.6. The summed E-state index contributed by atoms with van der Waals surface area (Å²) >= 11 is 0. The molecule has 2 heterocycles. The maximum atomic E-state index is 13.8. The lowest BCUT2D eigenvalue weighted by Crippen LogP contribution is -2.50. The quantitative estimate of drug-likeness (QED) is 0.587. The van der Waals surface area contributed by atoms with E-state index in [1.165, 1.54) is 0 Å². The van der Waals surface area contributed by atoms with Gasteiger partial charge in [0, 0.05) is 62.3 Å². The summed E-state index contributed by atoms with van der Waals surface area (Å²) in [6.07, 6.45) is 3.00. The summed E-state index contributed by atoms with van der Waals surface area (Å²) in [6.45, 7) is 3.77. The highest BCUT2D eigenvalue weighted by atomic mass is 19.1. The van der Waals surface area contributed by atoms with Crippen LogP contribution in [0.15, 0.2) is 30.5 Å². The van der Waals surface area contributed by atoms with Crippen LogP contribution in [-0.4, -0.2) is 46.9 Å². The van der Waals surface area contributed by atoms with Gasteiger partial charge in [0.25, 0.3) is 0 Å². The zero-order valence-electron chi connectivity index (χ0n) is 15.6. The first-order valence-electron chi connectivity index (χ1n) is 9.31. The first kappa shape index (κ1) is 20.1. The van der Waals surface area contributed by atoms with E-state index >= 15 is 0 Å². The summed E-state index contributed by atoms with van der Waals surface area (Å²) in [5.41, 5.74) is 7.43. The molecule has 1 aromatic carbocycles. The molecule has 1 aliphatic heterocycles. The Morgan fingerprint density at radius 3 is 2.39 bits per heavy atom. The van der Waals surface area contributed by atoms with Crippen LogP contribution in [0.1, 0.15) is 23.2 Å². The summed E-state index contributed by atoms with van der Waals surface area (Å²) in [4.78, 5) is 8.56. The monoisotopic (exact) mass is 391 g/mol. The van der Waals surface area contributed by atoms with Crippen LogP contribution in [0, 0.1) is 22.9 Å². The predicted octanol–water partition coefficient (Wildman–Crippen LogP) is 2.69. The average Bonchev–Trinajstić information content (AvgIpc) is 2.65. The molecule has 1 saturated heterocycles. The molecule has 5 nitrogen and oxygen atoms in total. The van der Waals surface area contributed by atoms with Crippen LogP contribution in [0.5, 0.6) is 0 Å². The zero-order chi connectivity index (χ0) is 20.1. The Hall–Kier alpha value is -2.61. The Bertz CT molecular complexity index is 811. The van der Waals surface area contributed by atoms with Crippen molar-refractivity contribution in [1.29, 1.82) is 5.41 Å². The number of aromatic nitrogens is 1. The fourth-order valence-electron chi connectivity index (χ4n) is 3.47. The Balaban J connectivity index is 1.58. The Morgan fingerprint density at radius 2 is 1.75 bits per heavy atom. The first-order valence-corrected chi connectivity index (χ1v) is 9.31. The number of hydrogen-bond donors (Lipinski definition) is 2. The van der Waals surface area contributed by atoms with Crippen molar-refractivity contribution in [2.24, 2.45) is 5.73 Å². The van der Waals surface area contributed by atoms with E-state index in [-0.39, 0.29) is 17.9 Å². The standard InChI is InChI=1S/C20H24F3N5/c21-15-11-17(22)16(18(23)12-15)4-1-5-19-14(3-2-6-26-19)13-27-7-9-28(10-8-27)20(24)25/h2-3,6,11-12H,1,4-5,7-10,13H2,(H3,24,25).